The van der Waals surface area contributed by atoms with E-state index in [1.165, 1.54) is 7.11 Å². The third kappa shape index (κ3) is 2.22. The molecule has 0 heterocycles. The van der Waals surface area contributed by atoms with Crippen LogP contribution in [0.2, 0.25) is 0 Å². The van der Waals surface area contributed by atoms with Crippen molar-refractivity contribution < 1.29 is 19.4 Å². The van der Waals surface area contributed by atoms with Crippen LogP contribution >= 0.6 is 0 Å². The molecule has 1 N–H and O–H groups in total. The van der Waals surface area contributed by atoms with Gasteiger partial charge in [0.1, 0.15) is 0 Å². The number of carboxylic acid groups (broad SMARTS) is 1. The molecular weight excluding hydrogens is 160 g/mol. The van der Waals surface area contributed by atoms with E-state index < -0.39 is 17.9 Å². The average Bonchev–Trinajstić information content (AvgIpc) is 2.81. The molecule has 68 valence electrons. The lowest BCUT2D eigenvalue weighted by atomic mass is 10.0. The molecule has 0 aromatic rings. The van der Waals surface area contributed by atoms with Gasteiger partial charge in [0.2, 0.25) is 0 Å². The highest BCUT2D eigenvalue weighted by Gasteiger charge is 2.37. The number of hydrogen-bond acceptors (Lipinski definition) is 3. The second kappa shape index (κ2) is 3.56. The van der Waals surface area contributed by atoms with Gasteiger partial charge in [-0.05, 0) is 18.8 Å². The molecule has 1 aliphatic carbocycles. The average molecular weight is 172 g/mol. The molecule has 0 saturated heterocycles. The van der Waals surface area contributed by atoms with E-state index in [0.717, 1.165) is 12.8 Å². The molecule has 0 amide bonds. The van der Waals surface area contributed by atoms with Gasteiger partial charge in [-0.15, -0.1) is 0 Å². The first-order chi connectivity index (χ1) is 5.65. The minimum Gasteiger partial charge on any atom is -0.481 e. The van der Waals surface area contributed by atoms with Crippen LogP contribution in [0.4, 0.5) is 0 Å². The van der Waals surface area contributed by atoms with Crippen LogP contribution in [0.25, 0.3) is 0 Å². The van der Waals surface area contributed by atoms with E-state index in [1.54, 1.807) is 0 Å². The van der Waals surface area contributed by atoms with Crippen LogP contribution in [0.3, 0.4) is 0 Å². The van der Waals surface area contributed by atoms with E-state index >= 15 is 0 Å². The van der Waals surface area contributed by atoms with Gasteiger partial charge in [0.15, 0.2) is 0 Å². The maximum Gasteiger partial charge on any atom is 0.307 e. The van der Waals surface area contributed by atoms with E-state index in [9.17, 15) is 9.59 Å². The summed E-state index contributed by atoms with van der Waals surface area (Å²) in [7, 11) is 1.27. The quantitative estimate of drug-likeness (QED) is 0.633. The van der Waals surface area contributed by atoms with Gasteiger partial charge in [-0.3, -0.25) is 9.59 Å². The van der Waals surface area contributed by atoms with Gasteiger partial charge >= 0.3 is 11.9 Å². The molecule has 1 rings (SSSR count). The lowest BCUT2D eigenvalue weighted by molar-refractivity contribution is -0.150. The summed E-state index contributed by atoms with van der Waals surface area (Å²) in [5.74, 6) is -1.66. The highest BCUT2D eigenvalue weighted by Crippen LogP contribution is 2.38. The number of rotatable bonds is 4. The van der Waals surface area contributed by atoms with Gasteiger partial charge in [0, 0.05) is 0 Å². The van der Waals surface area contributed by atoms with E-state index in [0.29, 0.717) is 0 Å². The molecule has 4 nitrogen and oxygen atoms in total. The summed E-state index contributed by atoms with van der Waals surface area (Å²) in [5.41, 5.74) is 0. The molecule has 0 aliphatic heterocycles. The molecule has 1 fully saturated rings. The smallest absolute Gasteiger partial charge is 0.307 e. The number of esters is 1. The maximum atomic E-state index is 10.8. The van der Waals surface area contributed by atoms with Crippen LogP contribution in [0.15, 0.2) is 0 Å². The number of carboxylic acids is 1. The van der Waals surface area contributed by atoms with E-state index in [-0.39, 0.29) is 12.3 Å². The molecule has 4 heteroatoms. The topological polar surface area (TPSA) is 63.6 Å². The number of hydrogen-bond donors (Lipinski definition) is 1. The fraction of sp³-hybridized carbons (Fsp3) is 0.750. The number of aliphatic carboxylic acids is 1. The Morgan fingerprint density at radius 2 is 2.17 bits per heavy atom. The van der Waals surface area contributed by atoms with E-state index in [4.69, 9.17) is 5.11 Å². The largest absolute Gasteiger partial charge is 0.481 e. The molecule has 0 aromatic heterocycles. The SMILES string of the molecule is COC(=O)CC(C(=O)O)C1CC1. The van der Waals surface area contributed by atoms with Crippen molar-refractivity contribution in [1.29, 1.82) is 0 Å². The summed E-state index contributed by atoms with van der Waals surface area (Å²) in [6.07, 6.45) is 1.86. The number of carbonyl (C=O) groups is 2. The zero-order chi connectivity index (χ0) is 9.14. The van der Waals surface area contributed by atoms with Crippen LogP contribution < -0.4 is 0 Å². The highest BCUT2D eigenvalue weighted by atomic mass is 16.5. The lowest BCUT2D eigenvalue weighted by Gasteiger charge is -2.08. The highest BCUT2D eigenvalue weighted by molar-refractivity contribution is 5.79. The Bertz CT molecular complexity index is 195. The van der Waals surface area contributed by atoms with Crippen LogP contribution in [0.1, 0.15) is 19.3 Å². The van der Waals surface area contributed by atoms with Crippen LogP contribution in [-0.4, -0.2) is 24.2 Å². The van der Waals surface area contributed by atoms with Gasteiger partial charge in [-0.2, -0.15) is 0 Å². The van der Waals surface area contributed by atoms with Crippen molar-refractivity contribution in [3.63, 3.8) is 0 Å². The molecular formula is C8H12O4. The molecule has 0 spiro atoms. The fourth-order valence-corrected chi connectivity index (χ4v) is 1.22. The van der Waals surface area contributed by atoms with Crippen molar-refractivity contribution in [2.24, 2.45) is 11.8 Å². The predicted octanol–water partition coefficient (Wildman–Crippen LogP) is 0.660. The molecule has 0 aromatic carbocycles. The zero-order valence-corrected chi connectivity index (χ0v) is 6.95. The second-order valence-corrected chi connectivity index (χ2v) is 3.06. The van der Waals surface area contributed by atoms with Gasteiger partial charge < -0.3 is 9.84 Å². The Kier molecular flexibility index (Phi) is 2.68. The third-order valence-corrected chi connectivity index (χ3v) is 2.12. The Morgan fingerprint density at radius 3 is 2.50 bits per heavy atom. The summed E-state index contributed by atoms with van der Waals surface area (Å²) in [4.78, 5) is 21.4. The standard InChI is InChI=1S/C8H12O4/c1-12-7(9)4-6(8(10)11)5-2-3-5/h5-6H,2-4H2,1H3,(H,10,11). The minimum atomic E-state index is -0.886. The second-order valence-electron chi connectivity index (χ2n) is 3.06. The Labute approximate surface area is 70.5 Å². The van der Waals surface area contributed by atoms with Crippen molar-refractivity contribution in [2.45, 2.75) is 19.3 Å². The molecule has 0 bridgehead atoms. The monoisotopic (exact) mass is 172 g/mol. The van der Waals surface area contributed by atoms with Gasteiger partial charge in [0.25, 0.3) is 0 Å². The van der Waals surface area contributed by atoms with Crippen molar-refractivity contribution in [2.75, 3.05) is 7.11 Å². The van der Waals surface area contributed by atoms with Crippen LogP contribution in [-0.2, 0) is 14.3 Å². The van der Waals surface area contributed by atoms with Crippen LogP contribution in [0, 0.1) is 11.8 Å². The molecule has 12 heavy (non-hydrogen) atoms. The molecule has 1 atom stereocenters. The minimum absolute atomic E-state index is 0.0104. The zero-order valence-electron chi connectivity index (χ0n) is 6.95. The lowest BCUT2D eigenvalue weighted by Crippen LogP contribution is -2.20. The maximum absolute atomic E-state index is 10.8. The molecule has 0 radical (unpaired) electrons. The summed E-state index contributed by atoms with van der Waals surface area (Å²) in [5, 5.41) is 8.72. The third-order valence-electron chi connectivity index (χ3n) is 2.12. The van der Waals surface area contributed by atoms with Crippen molar-refractivity contribution >= 4 is 11.9 Å². The van der Waals surface area contributed by atoms with E-state index in [2.05, 4.69) is 4.74 Å². The molecule has 1 aliphatic rings. The molecule has 1 saturated carbocycles. The summed E-state index contributed by atoms with van der Waals surface area (Å²) in [6.45, 7) is 0. The predicted molar refractivity (Wildman–Crippen MR) is 40.5 cm³/mol. The Hall–Kier alpha value is -1.06. The number of methoxy groups -OCH3 is 1. The van der Waals surface area contributed by atoms with Gasteiger partial charge in [0.05, 0.1) is 19.4 Å². The van der Waals surface area contributed by atoms with Gasteiger partial charge in [-0.25, -0.2) is 0 Å². The summed E-state index contributed by atoms with van der Waals surface area (Å²) < 4.78 is 4.41. The Morgan fingerprint density at radius 1 is 1.58 bits per heavy atom. The normalized spacial score (nSPS) is 18.4. The summed E-state index contributed by atoms with van der Waals surface area (Å²) in [6, 6.07) is 0. The first kappa shape index (κ1) is 9.03. The number of ether oxygens (including phenoxy) is 1. The summed E-state index contributed by atoms with van der Waals surface area (Å²) >= 11 is 0. The fourth-order valence-electron chi connectivity index (χ4n) is 1.22. The van der Waals surface area contributed by atoms with Crippen molar-refractivity contribution in [3.05, 3.63) is 0 Å². The van der Waals surface area contributed by atoms with Crippen LogP contribution in [0.5, 0.6) is 0 Å². The Balaban J connectivity index is 2.43. The van der Waals surface area contributed by atoms with Crippen molar-refractivity contribution in [3.8, 4) is 0 Å². The number of carbonyl (C=O) groups excluding carboxylic acids is 1. The van der Waals surface area contributed by atoms with E-state index in [1.807, 2.05) is 0 Å². The van der Waals surface area contributed by atoms with Gasteiger partial charge in [-0.1, -0.05) is 0 Å². The van der Waals surface area contributed by atoms with Crippen molar-refractivity contribution in [1.82, 2.24) is 0 Å². The first-order valence-corrected chi connectivity index (χ1v) is 3.94. The first-order valence-electron chi connectivity index (χ1n) is 3.94. The molecule has 1 unspecified atom stereocenters.